The van der Waals surface area contributed by atoms with E-state index in [9.17, 15) is 0 Å². The van der Waals surface area contributed by atoms with Crippen LogP contribution in [0.15, 0.2) is 24.5 Å². The molecule has 0 aromatic carbocycles. The Balaban J connectivity index is 2.47. The summed E-state index contributed by atoms with van der Waals surface area (Å²) in [6.07, 6.45) is 3.54. The minimum atomic E-state index is 0.390. The van der Waals surface area contributed by atoms with E-state index in [0.717, 1.165) is 11.6 Å². The topological polar surface area (TPSA) is 43.6 Å². The first kappa shape index (κ1) is 8.19. The maximum absolute atomic E-state index is 5.61. The maximum atomic E-state index is 5.61. The van der Waals surface area contributed by atoms with Gasteiger partial charge in [0.15, 0.2) is 11.0 Å². The Morgan fingerprint density at radius 2 is 2.15 bits per heavy atom. The first-order chi connectivity index (χ1) is 6.27. The molecule has 2 aromatic heterocycles. The third-order valence-electron chi connectivity index (χ3n) is 1.69. The molecule has 0 fully saturated rings. The summed E-state index contributed by atoms with van der Waals surface area (Å²) in [5.74, 6) is 1.59. The number of hydrogen-bond donors (Lipinski definition) is 0. The number of aromatic nitrogens is 4. The summed E-state index contributed by atoms with van der Waals surface area (Å²) in [5.41, 5.74) is 0. The Morgan fingerprint density at radius 3 is 2.69 bits per heavy atom. The van der Waals surface area contributed by atoms with Crippen molar-refractivity contribution in [2.45, 2.75) is 6.92 Å². The Morgan fingerprint density at radius 1 is 1.31 bits per heavy atom. The third kappa shape index (κ3) is 1.53. The Bertz CT molecular complexity index is 406. The van der Waals surface area contributed by atoms with Crippen molar-refractivity contribution in [2.24, 2.45) is 0 Å². The first-order valence-corrected chi connectivity index (χ1v) is 4.15. The van der Waals surface area contributed by atoms with Gasteiger partial charge in [-0.3, -0.25) is 4.57 Å². The Labute approximate surface area is 80.2 Å². The second-order valence-corrected chi connectivity index (χ2v) is 2.95. The molecule has 0 N–H and O–H groups in total. The summed E-state index contributed by atoms with van der Waals surface area (Å²) < 4.78 is 1.84. The SMILES string of the molecule is Cc1nccn1-c1ccc(Cl)nn1. The van der Waals surface area contributed by atoms with Crippen LogP contribution in [0.5, 0.6) is 0 Å². The molecule has 0 atom stereocenters. The number of halogens is 1. The second kappa shape index (κ2) is 3.14. The van der Waals surface area contributed by atoms with Crippen molar-refractivity contribution < 1.29 is 0 Å². The van der Waals surface area contributed by atoms with Crippen LogP contribution < -0.4 is 0 Å². The van der Waals surface area contributed by atoms with Crippen molar-refractivity contribution in [3.8, 4) is 5.82 Å². The van der Waals surface area contributed by atoms with Crippen molar-refractivity contribution in [1.29, 1.82) is 0 Å². The summed E-state index contributed by atoms with van der Waals surface area (Å²) in [4.78, 5) is 4.08. The van der Waals surface area contributed by atoms with E-state index in [1.807, 2.05) is 17.7 Å². The van der Waals surface area contributed by atoms with Gasteiger partial charge in [0.25, 0.3) is 0 Å². The molecule has 0 aliphatic carbocycles. The van der Waals surface area contributed by atoms with Gasteiger partial charge >= 0.3 is 0 Å². The van der Waals surface area contributed by atoms with E-state index in [0.29, 0.717) is 5.15 Å². The summed E-state index contributed by atoms with van der Waals surface area (Å²) in [6.45, 7) is 1.90. The number of hydrogen-bond acceptors (Lipinski definition) is 3. The Kier molecular flexibility index (Phi) is 1.98. The van der Waals surface area contributed by atoms with Crippen LogP contribution in [-0.4, -0.2) is 19.7 Å². The quantitative estimate of drug-likeness (QED) is 0.693. The normalized spacial score (nSPS) is 10.3. The summed E-state index contributed by atoms with van der Waals surface area (Å²) in [7, 11) is 0. The van der Waals surface area contributed by atoms with Gasteiger partial charge in [0.1, 0.15) is 5.82 Å². The molecular formula is C8H7ClN4. The van der Waals surface area contributed by atoms with E-state index in [4.69, 9.17) is 11.6 Å². The van der Waals surface area contributed by atoms with E-state index in [1.165, 1.54) is 0 Å². The summed E-state index contributed by atoms with van der Waals surface area (Å²) >= 11 is 5.61. The lowest BCUT2D eigenvalue weighted by atomic mass is 10.5. The highest BCUT2D eigenvalue weighted by atomic mass is 35.5. The molecule has 0 aliphatic heterocycles. The van der Waals surface area contributed by atoms with E-state index in [1.54, 1.807) is 18.3 Å². The summed E-state index contributed by atoms with van der Waals surface area (Å²) in [6, 6.07) is 3.49. The van der Waals surface area contributed by atoms with Crippen LogP contribution in [0, 0.1) is 6.92 Å². The van der Waals surface area contributed by atoms with Gasteiger partial charge in [0.2, 0.25) is 0 Å². The lowest BCUT2D eigenvalue weighted by Gasteiger charge is -2.01. The monoisotopic (exact) mass is 194 g/mol. The average molecular weight is 195 g/mol. The highest BCUT2D eigenvalue weighted by Crippen LogP contribution is 2.08. The fourth-order valence-electron chi connectivity index (χ4n) is 1.06. The van der Waals surface area contributed by atoms with E-state index in [2.05, 4.69) is 15.2 Å². The van der Waals surface area contributed by atoms with Crippen LogP contribution in [-0.2, 0) is 0 Å². The second-order valence-electron chi connectivity index (χ2n) is 2.56. The Hall–Kier alpha value is -1.42. The van der Waals surface area contributed by atoms with E-state index < -0.39 is 0 Å². The van der Waals surface area contributed by atoms with Gasteiger partial charge in [-0.1, -0.05) is 11.6 Å². The smallest absolute Gasteiger partial charge is 0.160 e. The number of imidazole rings is 1. The van der Waals surface area contributed by atoms with Crippen molar-refractivity contribution in [3.05, 3.63) is 35.5 Å². The minimum absolute atomic E-state index is 0.390. The standard InChI is InChI=1S/C8H7ClN4/c1-6-10-4-5-13(6)8-3-2-7(9)11-12-8/h2-5H,1H3. The molecule has 0 unspecified atom stereocenters. The van der Waals surface area contributed by atoms with Crippen molar-refractivity contribution >= 4 is 11.6 Å². The highest BCUT2D eigenvalue weighted by Gasteiger charge is 2.01. The average Bonchev–Trinajstić information content (AvgIpc) is 2.53. The fourth-order valence-corrected chi connectivity index (χ4v) is 1.16. The molecule has 0 spiro atoms. The largest absolute Gasteiger partial charge is 0.287 e. The molecular weight excluding hydrogens is 188 g/mol. The highest BCUT2D eigenvalue weighted by molar-refractivity contribution is 6.29. The van der Waals surface area contributed by atoms with Crippen molar-refractivity contribution in [2.75, 3.05) is 0 Å². The number of nitrogens with zero attached hydrogens (tertiary/aromatic N) is 4. The maximum Gasteiger partial charge on any atom is 0.160 e. The molecule has 0 radical (unpaired) electrons. The predicted octanol–water partition coefficient (Wildman–Crippen LogP) is 1.62. The van der Waals surface area contributed by atoms with Gasteiger partial charge in [-0.25, -0.2) is 4.98 Å². The fraction of sp³-hybridized carbons (Fsp3) is 0.125. The first-order valence-electron chi connectivity index (χ1n) is 3.77. The zero-order valence-corrected chi connectivity index (χ0v) is 7.73. The van der Waals surface area contributed by atoms with E-state index >= 15 is 0 Å². The van der Waals surface area contributed by atoms with Crippen LogP contribution >= 0.6 is 11.6 Å². The molecule has 0 aliphatic rings. The van der Waals surface area contributed by atoms with E-state index in [-0.39, 0.29) is 0 Å². The van der Waals surface area contributed by atoms with Crippen LogP contribution in [0.25, 0.3) is 5.82 Å². The molecule has 0 amide bonds. The molecule has 13 heavy (non-hydrogen) atoms. The van der Waals surface area contributed by atoms with Crippen LogP contribution in [0.3, 0.4) is 0 Å². The molecule has 5 heteroatoms. The van der Waals surface area contributed by atoms with Crippen molar-refractivity contribution in [3.63, 3.8) is 0 Å². The summed E-state index contributed by atoms with van der Waals surface area (Å²) in [5, 5.41) is 8.06. The van der Waals surface area contributed by atoms with Gasteiger partial charge in [-0.05, 0) is 19.1 Å². The number of rotatable bonds is 1. The molecule has 2 aromatic rings. The van der Waals surface area contributed by atoms with Gasteiger partial charge in [0.05, 0.1) is 0 Å². The predicted molar refractivity (Wildman–Crippen MR) is 48.9 cm³/mol. The molecule has 0 bridgehead atoms. The van der Waals surface area contributed by atoms with Crippen LogP contribution in [0.4, 0.5) is 0 Å². The minimum Gasteiger partial charge on any atom is -0.287 e. The molecule has 0 saturated heterocycles. The van der Waals surface area contributed by atoms with Crippen molar-refractivity contribution in [1.82, 2.24) is 19.7 Å². The lowest BCUT2D eigenvalue weighted by Crippen LogP contribution is -1.99. The lowest BCUT2D eigenvalue weighted by molar-refractivity contribution is 0.880. The molecule has 0 saturated carbocycles. The van der Waals surface area contributed by atoms with Gasteiger partial charge in [0, 0.05) is 12.4 Å². The zero-order valence-electron chi connectivity index (χ0n) is 6.98. The molecule has 4 nitrogen and oxygen atoms in total. The number of aryl methyl sites for hydroxylation is 1. The molecule has 66 valence electrons. The molecule has 2 rings (SSSR count). The molecule has 2 heterocycles. The third-order valence-corrected chi connectivity index (χ3v) is 1.89. The van der Waals surface area contributed by atoms with Gasteiger partial charge in [-0.15, -0.1) is 10.2 Å². The van der Waals surface area contributed by atoms with Gasteiger partial charge < -0.3 is 0 Å². The zero-order chi connectivity index (χ0) is 9.26. The van der Waals surface area contributed by atoms with Crippen LogP contribution in [0.1, 0.15) is 5.82 Å². The van der Waals surface area contributed by atoms with Gasteiger partial charge in [-0.2, -0.15) is 0 Å². The van der Waals surface area contributed by atoms with Crippen LogP contribution in [0.2, 0.25) is 5.15 Å².